The molecule has 1 aliphatic carbocycles. The molecule has 1 amide bonds. The molecular weight excluding hydrogens is 422 g/mol. The number of aryl methyl sites for hydroxylation is 1. The fraction of sp³-hybridized carbons (Fsp3) is 0.458. The third kappa shape index (κ3) is 4.35. The number of aromatic nitrogens is 2. The van der Waals surface area contributed by atoms with Crippen LogP contribution in [0.15, 0.2) is 42.0 Å². The quantitative estimate of drug-likeness (QED) is 0.533. The van der Waals surface area contributed by atoms with Gasteiger partial charge in [0.25, 0.3) is 0 Å². The lowest BCUT2D eigenvalue weighted by atomic mass is 9.81. The minimum Gasteiger partial charge on any atom is -0.383 e. The highest BCUT2D eigenvalue weighted by molar-refractivity contribution is 7.09. The Labute approximate surface area is 193 Å². The Kier molecular flexibility index (Phi) is 5.50. The number of nitrogens with one attached hydrogen (secondary N) is 2. The smallest absolute Gasteiger partial charge is 0.239 e. The maximum absolute atomic E-state index is 12.5. The second-order valence-corrected chi connectivity index (χ2v) is 9.74. The van der Waals surface area contributed by atoms with Gasteiger partial charge in [-0.1, -0.05) is 17.7 Å². The molecule has 2 aromatic heterocycles. The van der Waals surface area contributed by atoms with Crippen LogP contribution in [0.4, 0.5) is 5.82 Å². The number of hydrogen-bond donors (Lipinski definition) is 3. The summed E-state index contributed by atoms with van der Waals surface area (Å²) in [5, 5.41) is 21.9. The summed E-state index contributed by atoms with van der Waals surface area (Å²) in [6.45, 7) is 3.52. The molecule has 32 heavy (non-hydrogen) atoms. The molecule has 8 heteroatoms. The number of benzene rings is 1. The summed E-state index contributed by atoms with van der Waals surface area (Å²) in [5.41, 5.74) is 0.242. The van der Waals surface area contributed by atoms with Crippen molar-refractivity contribution >= 4 is 33.8 Å². The predicted molar refractivity (Wildman–Crippen MR) is 127 cm³/mol. The molecule has 7 nitrogen and oxygen atoms in total. The lowest BCUT2D eigenvalue weighted by Gasteiger charge is -2.47. The van der Waals surface area contributed by atoms with Crippen LogP contribution in [0.5, 0.6) is 0 Å². The number of carbonyl (C=O) groups excluding carboxylic acids is 1. The topological polar surface area (TPSA) is 90.4 Å². The minimum absolute atomic E-state index is 0.0454. The summed E-state index contributed by atoms with van der Waals surface area (Å²) in [6.07, 6.45) is 5.73. The van der Waals surface area contributed by atoms with Crippen LogP contribution < -0.4 is 10.6 Å². The zero-order valence-electron chi connectivity index (χ0n) is 19.2. The van der Waals surface area contributed by atoms with Crippen molar-refractivity contribution in [3.8, 4) is 0 Å². The highest BCUT2D eigenvalue weighted by Crippen LogP contribution is 2.40. The van der Waals surface area contributed by atoms with E-state index in [4.69, 9.17) is 1.37 Å². The van der Waals surface area contributed by atoms with Crippen LogP contribution in [0, 0.1) is 6.92 Å². The molecule has 168 valence electrons. The second kappa shape index (κ2) is 8.77. The zero-order valence-corrected chi connectivity index (χ0v) is 19.0. The average molecular weight is 453 g/mol. The second-order valence-electron chi connectivity index (χ2n) is 8.84. The van der Waals surface area contributed by atoms with E-state index in [0.29, 0.717) is 44.6 Å². The van der Waals surface area contributed by atoms with Gasteiger partial charge in [-0.2, -0.15) is 0 Å². The Morgan fingerprint density at radius 2 is 2.09 bits per heavy atom. The summed E-state index contributed by atoms with van der Waals surface area (Å²) in [7, 11) is 0. The van der Waals surface area contributed by atoms with E-state index in [1.165, 1.54) is 11.3 Å². The highest BCUT2D eigenvalue weighted by Gasteiger charge is 2.41. The van der Waals surface area contributed by atoms with Crippen molar-refractivity contribution in [2.24, 2.45) is 0 Å². The first-order valence-electron chi connectivity index (χ1n) is 11.6. The highest BCUT2D eigenvalue weighted by atomic mass is 32.1. The number of rotatable bonds is 6. The Bertz CT molecular complexity index is 1140. The van der Waals surface area contributed by atoms with Gasteiger partial charge in [-0.3, -0.25) is 9.69 Å². The molecule has 3 heterocycles. The van der Waals surface area contributed by atoms with Crippen LogP contribution in [-0.4, -0.2) is 57.6 Å². The number of amides is 1. The maximum atomic E-state index is 12.5. The van der Waals surface area contributed by atoms with Gasteiger partial charge in [0.15, 0.2) is 0 Å². The monoisotopic (exact) mass is 452 g/mol. The lowest BCUT2D eigenvalue weighted by Crippen LogP contribution is -2.63. The largest absolute Gasteiger partial charge is 0.383 e. The molecule has 0 bridgehead atoms. The molecule has 0 atom stereocenters. The van der Waals surface area contributed by atoms with Gasteiger partial charge in [0.2, 0.25) is 5.91 Å². The van der Waals surface area contributed by atoms with Crippen molar-refractivity contribution in [2.45, 2.75) is 50.3 Å². The molecule has 2 aliphatic rings. The van der Waals surface area contributed by atoms with E-state index in [9.17, 15) is 9.90 Å². The minimum atomic E-state index is -0.906. The Hall–Kier alpha value is -2.55. The van der Waals surface area contributed by atoms with Gasteiger partial charge in [-0.15, -0.1) is 11.3 Å². The standard InChI is InChI=1S/C24H29N5O2S/c1-16-2-3-17-6-9-25-22(20(17)12-16)27-13-21(30)28-18-14-29(15-18)19-4-7-24(31,8-5-19)23-26-10-11-32-23/h2-3,6,9-12,18-19,31H,4-5,7-8,13-15H2,1H3,(H,25,27)(H,28,30)/t19-,24-/i19D. The zero-order chi connectivity index (χ0) is 23.1. The molecule has 5 rings (SSSR count). The van der Waals surface area contributed by atoms with E-state index in [1.807, 2.05) is 18.4 Å². The fourth-order valence-electron chi connectivity index (χ4n) is 4.63. The van der Waals surface area contributed by atoms with Gasteiger partial charge >= 0.3 is 0 Å². The van der Waals surface area contributed by atoms with Gasteiger partial charge in [0, 0.05) is 43.6 Å². The predicted octanol–water partition coefficient (Wildman–Crippen LogP) is 3.04. The number of fused-ring (bicyclic) bond motifs is 1. The van der Waals surface area contributed by atoms with Crippen molar-refractivity contribution in [1.82, 2.24) is 20.2 Å². The molecule has 1 aromatic carbocycles. The number of carbonyl (C=O) groups is 1. The third-order valence-corrected chi connectivity index (χ3v) is 7.48. The van der Waals surface area contributed by atoms with Crippen molar-refractivity contribution in [1.29, 1.82) is 0 Å². The third-order valence-electron chi connectivity index (χ3n) is 6.52. The molecule has 1 saturated carbocycles. The number of nitrogens with zero attached hydrogens (tertiary/aromatic N) is 3. The first kappa shape index (κ1) is 20.1. The van der Waals surface area contributed by atoms with Gasteiger partial charge in [0.05, 0.1) is 12.6 Å². The van der Waals surface area contributed by atoms with Crippen LogP contribution >= 0.6 is 11.3 Å². The summed E-state index contributed by atoms with van der Waals surface area (Å²) in [6, 6.07) is 7.51. The van der Waals surface area contributed by atoms with Crippen LogP contribution in [0.1, 0.15) is 37.6 Å². The van der Waals surface area contributed by atoms with Crippen molar-refractivity contribution in [2.75, 3.05) is 25.0 Å². The SMILES string of the molecule is [2H][C@]1(N2CC(NC(=O)CNc3nccc4ccc(C)cc34)C2)CC[C@@](O)(c2nccs2)CC1. The van der Waals surface area contributed by atoms with E-state index in [1.54, 1.807) is 12.4 Å². The molecule has 0 unspecified atom stereocenters. The lowest BCUT2D eigenvalue weighted by molar-refractivity contribution is -0.121. The number of thiazole rings is 1. The Morgan fingerprint density at radius 3 is 2.84 bits per heavy atom. The number of anilines is 1. The number of hydrogen-bond acceptors (Lipinski definition) is 7. The molecule has 0 radical (unpaired) electrons. The molecule has 1 aliphatic heterocycles. The van der Waals surface area contributed by atoms with Crippen molar-refractivity contribution in [3.63, 3.8) is 0 Å². The molecule has 0 spiro atoms. The molecule has 2 fully saturated rings. The number of pyridine rings is 1. The van der Waals surface area contributed by atoms with Crippen molar-refractivity contribution in [3.05, 3.63) is 52.6 Å². The van der Waals surface area contributed by atoms with E-state index in [2.05, 4.69) is 43.7 Å². The number of aliphatic hydroxyl groups is 1. The van der Waals surface area contributed by atoms with Gasteiger partial charge in [-0.25, -0.2) is 9.97 Å². The molecular formula is C24H29N5O2S. The van der Waals surface area contributed by atoms with Crippen LogP contribution in [0.3, 0.4) is 0 Å². The van der Waals surface area contributed by atoms with Crippen LogP contribution in [0.2, 0.25) is 0 Å². The summed E-state index contributed by atoms with van der Waals surface area (Å²) < 4.78 is 8.90. The van der Waals surface area contributed by atoms with Gasteiger partial charge in [-0.05, 0) is 50.1 Å². The molecule has 3 N–H and O–H groups in total. The summed E-state index contributed by atoms with van der Waals surface area (Å²) >= 11 is 1.47. The fourth-order valence-corrected chi connectivity index (χ4v) is 5.43. The van der Waals surface area contributed by atoms with E-state index in [0.717, 1.165) is 21.3 Å². The van der Waals surface area contributed by atoms with Crippen molar-refractivity contribution < 1.29 is 11.3 Å². The number of likely N-dealkylation sites (tertiary alicyclic amines) is 1. The van der Waals surface area contributed by atoms with E-state index < -0.39 is 11.6 Å². The first-order chi connectivity index (χ1) is 15.8. The Balaban J connectivity index is 1.10. The van der Waals surface area contributed by atoms with Gasteiger partial charge < -0.3 is 15.7 Å². The van der Waals surface area contributed by atoms with Gasteiger partial charge in [0.1, 0.15) is 16.4 Å². The normalized spacial score (nSPS) is 27.0. The van der Waals surface area contributed by atoms with Crippen LogP contribution in [0.25, 0.3) is 10.8 Å². The van der Waals surface area contributed by atoms with E-state index in [-0.39, 0.29) is 18.5 Å². The Morgan fingerprint density at radius 1 is 1.28 bits per heavy atom. The molecule has 1 saturated heterocycles. The average Bonchev–Trinajstić information content (AvgIpc) is 3.33. The maximum Gasteiger partial charge on any atom is 0.239 e. The molecule has 3 aromatic rings. The summed E-state index contributed by atoms with van der Waals surface area (Å²) in [4.78, 5) is 23.3. The van der Waals surface area contributed by atoms with Crippen LogP contribution in [-0.2, 0) is 10.4 Å². The van der Waals surface area contributed by atoms with E-state index >= 15 is 0 Å². The first-order valence-corrected chi connectivity index (χ1v) is 12.0. The summed E-state index contributed by atoms with van der Waals surface area (Å²) in [5.74, 6) is 0.633.